The summed E-state index contributed by atoms with van der Waals surface area (Å²) in [5, 5.41) is 1.15. The molecule has 0 spiro atoms. The summed E-state index contributed by atoms with van der Waals surface area (Å²) in [5.41, 5.74) is 1.82. The van der Waals surface area contributed by atoms with Gasteiger partial charge in [0.1, 0.15) is 5.82 Å². The van der Waals surface area contributed by atoms with E-state index in [9.17, 15) is 4.79 Å². The molecular formula is C17H13ClN2OS. The van der Waals surface area contributed by atoms with E-state index in [0.717, 1.165) is 17.8 Å². The topological polar surface area (TPSA) is 34.9 Å². The van der Waals surface area contributed by atoms with Crippen molar-refractivity contribution in [1.82, 2.24) is 9.55 Å². The third-order valence-corrected chi connectivity index (χ3v) is 5.07. The number of aromatic nitrogens is 2. The van der Waals surface area contributed by atoms with Crippen molar-refractivity contribution in [2.45, 2.75) is 19.9 Å². The van der Waals surface area contributed by atoms with Crippen LogP contribution >= 0.6 is 22.9 Å². The van der Waals surface area contributed by atoms with Gasteiger partial charge in [-0.2, -0.15) is 0 Å². The minimum Gasteiger partial charge on any atom is -0.292 e. The van der Waals surface area contributed by atoms with E-state index in [4.69, 9.17) is 11.6 Å². The smallest absolute Gasteiger partial charge is 0.261 e. The zero-order chi connectivity index (χ0) is 15.3. The molecule has 0 N–H and O–H groups in total. The van der Waals surface area contributed by atoms with Crippen molar-refractivity contribution in [1.29, 1.82) is 0 Å². The first-order valence-corrected chi connectivity index (χ1v) is 8.29. The standard InChI is InChI=1S/C17H13ClN2OS/c1-10-2-4-13(22-10)8-11-6-7-20-16(11)19-15-5-3-12(18)9-14(15)17(20)21/h2-5,8-9H,6-7H2,1H3/b11-8+. The summed E-state index contributed by atoms with van der Waals surface area (Å²) in [6.07, 6.45) is 2.98. The van der Waals surface area contributed by atoms with Crippen molar-refractivity contribution >= 4 is 45.5 Å². The van der Waals surface area contributed by atoms with Gasteiger partial charge in [-0.1, -0.05) is 11.6 Å². The zero-order valence-corrected chi connectivity index (χ0v) is 13.5. The van der Waals surface area contributed by atoms with Gasteiger partial charge >= 0.3 is 0 Å². The normalized spacial score (nSPS) is 15.6. The number of hydrogen-bond donors (Lipinski definition) is 0. The van der Waals surface area contributed by atoms with Crippen LogP contribution in [0.25, 0.3) is 22.6 Å². The summed E-state index contributed by atoms with van der Waals surface area (Å²) in [6.45, 7) is 2.77. The lowest BCUT2D eigenvalue weighted by atomic mass is 10.2. The molecule has 0 saturated carbocycles. The predicted octanol–water partition coefficient (Wildman–Crippen LogP) is 4.36. The van der Waals surface area contributed by atoms with Crippen LogP contribution in [0.1, 0.15) is 22.0 Å². The van der Waals surface area contributed by atoms with Gasteiger partial charge in [0.2, 0.25) is 0 Å². The molecule has 1 aliphatic rings. The molecule has 22 heavy (non-hydrogen) atoms. The number of thiophene rings is 1. The third-order valence-electron chi connectivity index (χ3n) is 3.89. The highest BCUT2D eigenvalue weighted by Crippen LogP contribution is 2.29. The Morgan fingerprint density at radius 1 is 1.32 bits per heavy atom. The SMILES string of the molecule is Cc1ccc(/C=C2\CCn3c2nc2ccc(Cl)cc2c3=O)s1. The Hall–Kier alpha value is -1.91. The van der Waals surface area contributed by atoms with E-state index < -0.39 is 0 Å². The molecule has 2 aromatic heterocycles. The second-order valence-electron chi connectivity index (χ2n) is 5.42. The molecular weight excluding hydrogens is 316 g/mol. The van der Waals surface area contributed by atoms with Gasteiger partial charge in [-0.25, -0.2) is 4.98 Å². The molecule has 0 atom stereocenters. The first-order chi connectivity index (χ1) is 10.6. The fourth-order valence-electron chi connectivity index (χ4n) is 2.83. The molecule has 3 aromatic rings. The van der Waals surface area contributed by atoms with E-state index in [-0.39, 0.29) is 5.56 Å². The van der Waals surface area contributed by atoms with E-state index >= 15 is 0 Å². The van der Waals surface area contributed by atoms with Crippen molar-refractivity contribution in [3.8, 4) is 0 Å². The Labute approximate surface area is 136 Å². The van der Waals surface area contributed by atoms with Gasteiger partial charge in [0.15, 0.2) is 0 Å². The van der Waals surface area contributed by atoms with Gasteiger partial charge in [0, 0.05) is 21.3 Å². The lowest BCUT2D eigenvalue weighted by Crippen LogP contribution is -2.20. The molecule has 0 amide bonds. The number of aryl methyl sites for hydroxylation is 1. The highest BCUT2D eigenvalue weighted by molar-refractivity contribution is 7.12. The fourth-order valence-corrected chi connectivity index (χ4v) is 3.85. The van der Waals surface area contributed by atoms with Crippen LogP contribution in [0, 0.1) is 6.92 Å². The highest BCUT2D eigenvalue weighted by atomic mass is 35.5. The number of hydrogen-bond acceptors (Lipinski definition) is 3. The van der Waals surface area contributed by atoms with Crippen molar-refractivity contribution < 1.29 is 0 Å². The summed E-state index contributed by atoms with van der Waals surface area (Å²) < 4.78 is 1.75. The summed E-state index contributed by atoms with van der Waals surface area (Å²) in [6, 6.07) is 9.49. The van der Waals surface area contributed by atoms with E-state index in [1.165, 1.54) is 9.75 Å². The Bertz CT molecular complexity index is 984. The molecule has 110 valence electrons. The molecule has 0 radical (unpaired) electrons. The summed E-state index contributed by atoms with van der Waals surface area (Å²) >= 11 is 7.74. The van der Waals surface area contributed by atoms with Crippen molar-refractivity contribution in [3.63, 3.8) is 0 Å². The third kappa shape index (κ3) is 2.19. The molecule has 0 unspecified atom stereocenters. The summed E-state index contributed by atoms with van der Waals surface area (Å²) in [5.74, 6) is 0.783. The van der Waals surface area contributed by atoms with Crippen LogP contribution in [-0.2, 0) is 6.54 Å². The number of benzene rings is 1. The second kappa shape index (κ2) is 5.07. The fraction of sp³-hybridized carbons (Fsp3) is 0.176. The lowest BCUT2D eigenvalue weighted by molar-refractivity contribution is 0.725. The Morgan fingerprint density at radius 3 is 2.95 bits per heavy atom. The van der Waals surface area contributed by atoms with E-state index in [2.05, 4.69) is 30.1 Å². The largest absolute Gasteiger partial charge is 0.292 e. The number of fused-ring (bicyclic) bond motifs is 2. The number of halogens is 1. The predicted molar refractivity (Wildman–Crippen MR) is 92.6 cm³/mol. The lowest BCUT2D eigenvalue weighted by Gasteiger charge is -2.05. The van der Waals surface area contributed by atoms with Gasteiger partial charge in [-0.15, -0.1) is 11.3 Å². The van der Waals surface area contributed by atoms with Gasteiger partial charge in [0.05, 0.1) is 10.9 Å². The molecule has 5 heteroatoms. The van der Waals surface area contributed by atoms with Crippen molar-refractivity contribution in [2.24, 2.45) is 0 Å². The minimum atomic E-state index is -0.00624. The van der Waals surface area contributed by atoms with Crippen LogP contribution in [0.5, 0.6) is 0 Å². The van der Waals surface area contributed by atoms with Gasteiger partial charge in [-0.05, 0) is 55.3 Å². The summed E-state index contributed by atoms with van der Waals surface area (Å²) in [7, 11) is 0. The van der Waals surface area contributed by atoms with Crippen LogP contribution < -0.4 is 5.56 Å². The van der Waals surface area contributed by atoms with Crippen LogP contribution in [-0.4, -0.2) is 9.55 Å². The van der Waals surface area contributed by atoms with Gasteiger partial charge in [0.25, 0.3) is 5.56 Å². The first kappa shape index (κ1) is 13.7. The molecule has 3 nitrogen and oxygen atoms in total. The maximum atomic E-state index is 12.6. The number of rotatable bonds is 1. The maximum absolute atomic E-state index is 12.6. The van der Waals surface area contributed by atoms with Gasteiger partial charge in [-0.3, -0.25) is 9.36 Å². The maximum Gasteiger partial charge on any atom is 0.261 e. The van der Waals surface area contributed by atoms with Crippen molar-refractivity contribution in [2.75, 3.05) is 0 Å². The Morgan fingerprint density at radius 2 is 2.18 bits per heavy atom. The average Bonchev–Trinajstić information content (AvgIpc) is 3.08. The quantitative estimate of drug-likeness (QED) is 0.665. The van der Waals surface area contributed by atoms with Crippen LogP contribution in [0.2, 0.25) is 5.02 Å². The second-order valence-corrected chi connectivity index (χ2v) is 7.18. The molecule has 1 aromatic carbocycles. The Balaban J connectivity index is 1.92. The van der Waals surface area contributed by atoms with Crippen molar-refractivity contribution in [3.05, 3.63) is 61.3 Å². The average molecular weight is 329 g/mol. The monoisotopic (exact) mass is 328 g/mol. The minimum absolute atomic E-state index is 0.00624. The number of nitrogens with zero attached hydrogens (tertiary/aromatic N) is 2. The molecule has 0 fully saturated rings. The molecule has 3 heterocycles. The molecule has 4 rings (SSSR count). The molecule has 0 bridgehead atoms. The van der Waals surface area contributed by atoms with Gasteiger partial charge < -0.3 is 0 Å². The van der Waals surface area contributed by atoms with E-state index in [1.54, 1.807) is 28.0 Å². The molecule has 0 aliphatic carbocycles. The summed E-state index contributed by atoms with van der Waals surface area (Å²) in [4.78, 5) is 19.8. The van der Waals surface area contributed by atoms with E-state index in [0.29, 0.717) is 22.5 Å². The Kier molecular flexibility index (Phi) is 3.17. The van der Waals surface area contributed by atoms with Crippen LogP contribution in [0.15, 0.2) is 35.1 Å². The molecule has 1 aliphatic heterocycles. The molecule has 0 saturated heterocycles. The van der Waals surface area contributed by atoms with Crippen LogP contribution in [0.4, 0.5) is 0 Å². The number of allylic oxidation sites excluding steroid dienone is 1. The highest BCUT2D eigenvalue weighted by Gasteiger charge is 2.21. The first-order valence-electron chi connectivity index (χ1n) is 7.09. The van der Waals surface area contributed by atoms with E-state index in [1.807, 2.05) is 6.07 Å². The zero-order valence-electron chi connectivity index (χ0n) is 12.0. The van der Waals surface area contributed by atoms with Crippen LogP contribution in [0.3, 0.4) is 0 Å².